The molecular weight excluding hydrogens is 1040 g/mol. The van der Waals surface area contributed by atoms with Crippen molar-refractivity contribution < 1.29 is 38.1 Å². The number of amides is 2. The van der Waals surface area contributed by atoms with E-state index in [0.717, 1.165) is 101 Å². The number of carbonyl (C=O) groups excluding carboxylic acids is 3. The summed E-state index contributed by atoms with van der Waals surface area (Å²) in [5, 5.41) is 8.71. The number of anilines is 1. The fourth-order valence-corrected chi connectivity index (χ4v) is 14.5. The van der Waals surface area contributed by atoms with Gasteiger partial charge in [-0.05, 0) is 101 Å². The van der Waals surface area contributed by atoms with E-state index >= 15 is 4.79 Å². The van der Waals surface area contributed by atoms with E-state index in [2.05, 4.69) is 106 Å². The van der Waals surface area contributed by atoms with Gasteiger partial charge in [0.2, 0.25) is 5.91 Å². The molecule has 6 fully saturated rings. The molecule has 2 saturated carbocycles. The van der Waals surface area contributed by atoms with E-state index in [1.54, 1.807) is 18.3 Å². The van der Waals surface area contributed by atoms with Crippen LogP contribution in [0.25, 0.3) is 33.4 Å². The normalized spacial score (nSPS) is 27.9. The molecule has 0 spiro atoms. The van der Waals surface area contributed by atoms with Gasteiger partial charge in [-0.3, -0.25) is 39.2 Å². The first-order chi connectivity index (χ1) is 39.1. The van der Waals surface area contributed by atoms with Crippen molar-refractivity contribution in [2.24, 2.45) is 17.3 Å². The number of esters is 1. The zero-order valence-electron chi connectivity index (χ0n) is 48.4. The van der Waals surface area contributed by atoms with Gasteiger partial charge in [-0.15, -0.1) is 11.3 Å². The lowest BCUT2D eigenvalue weighted by Gasteiger charge is -2.41. The number of ether oxygens (including phenoxy) is 5. The zero-order chi connectivity index (χ0) is 56.2. The predicted octanol–water partition coefficient (Wildman–Crippen LogP) is 7.72. The molecule has 12 rings (SSSR count). The number of hydrogen-bond acceptors (Lipinski definition) is 16. The van der Waals surface area contributed by atoms with Crippen LogP contribution in [-0.2, 0) is 51.0 Å². The van der Waals surface area contributed by atoms with E-state index in [1.165, 1.54) is 24.2 Å². The molecule has 5 aliphatic heterocycles. The molecule has 2 aliphatic carbocycles. The molecule has 8 atom stereocenters. The molecule has 5 aromatic rings. The third kappa shape index (κ3) is 11.9. The SMILES string of the molecule is CO[C@@H](C)c1ncc(N2CCN(C3CC3)CC2)cc1-c1c2c3cc(ccc3n1CCOC1CCOC(C)(C)C1)-c1csc(n1)[C@@H](N1CCOCC1)[C@H](NC(=O)[C@@H]1[C@@H](C)[C@H]1c1ccccn1)C(=O)N1CCC[C@H](N1)C(=O)OCC(C)(C)C2. The Labute approximate surface area is 480 Å². The van der Waals surface area contributed by atoms with Gasteiger partial charge in [-0.1, -0.05) is 32.9 Å². The molecule has 18 nitrogen and oxygen atoms in total. The first-order valence-corrected chi connectivity index (χ1v) is 30.7. The van der Waals surface area contributed by atoms with E-state index < -0.39 is 29.5 Å². The van der Waals surface area contributed by atoms with Gasteiger partial charge in [0, 0.05) is 135 Å². The predicted molar refractivity (Wildman–Crippen MR) is 311 cm³/mol. The summed E-state index contributed by atoms with van der Waals surface area (Å²) in [6, 6.07) is 13.0. The molecule has 1 aromatic carbocycles. The number of cyclic esters (lactones) is 1. The van der Waals surface area contributed by atoms with Crippen molar-refractivity contribution in [3.05, 3.63) is 82.2 Å². The molecule has 19 heteroatoms. The van der Waals surface area contributed by atoms with Crippen LogP contribution in [-0.4, -0.2) is 168 Å². The number of benzene rings is 1. The minimum Gasteiger partial charge on any atom is -0.464 e. The molecule has 4 saturated heterocycles. The minimum absolute atomic E-state index is 0.0316. The Morgan fingerprint density at radius 2 is 1.77 bits per heavy atom. The molecule has 434 valence electrons. The Morgan fingerprint density at radius 1 is 0.951 bits per heavy atom. The summed E-state index contributed by atoms with van der Waals surface area (Å²) < 4.78 is 33.8. The summed E-state index contributed by atoms with van der Waals surface area (Å²) in [4.78, 5) is 67.4. The van der Waals surface area contributed by atoms with Crippen molar-refractivity contribution in [2.45, 2.75) is 141 Å². The van der Waals surface area contributed by atoms with Crippen LogP contribution in [0.3, 0.4) is 0 Å². The van der Waals surface area contributed by atoms with E-state index in [1.807, 2.05) is 24.4 Å². The minimum atomic E-state index is -1.05. The largest absolute Gasteiger partial charge is 0.464 e. The maximum Gasteiger partial charge on any atom is 0.324 e. The van der Waals surface area contributed by atoms with Crippen molar-refractivity contribution in [3.8, 4) is 22.5 Å². The molecule has 1 unspecified atom stereocenters. The molecular formula is C62H82N10O8S. The van der Waals surface area contributed by atoms with E-state index in [0.29, 0.717) is 76.9 Å². The van der Waals surface area contributed by atoms with Gasteiger partial charge >= 0.3 is 5.97 Å². The Balaban J connectivity index is 0.992. The molecule has 0 radical (unpaired) electrons. The molecule has 9 heterocycles. The van der Waals surface area contributed by atoms with Crippen molar-refractivity contribution in [3.63, 3.8) is 0 Å². The van der Waals surface area contributed by atoms with Crippen LogP contribution < -0.4 is 15.6 Å². The number of thiazole rings is 1. The smallest absolute Gasteiger partial charge is 0.324 e. The van der Waals surface area contributed by atoms with Crippen LogP contribution >= 0.6 is 11.3 Å². The lowest BCUT2D eigenvalue weighted by Crippen LogP contribution is -2.63. The van der Waals surface area contributed by atoms with Crippen LogP contribution in [0.15, 0.2) is 60.2 Å². The van der Waals surface area contributed by atoms with Crippen LogP contribution in [0.1, 0.15) is 120 Å². The van der Waals surface area contributed by atoms with E-state index in [9.17, 15) is 9.59 Å². The van der Waals surface area contributed by atoms with E-state index in [-0.39, 0.29) is 54.0 Å². The number of rotatable bonds is 13. The lowest BCUT2D eigenvalue weighted by molar-refractivity contribution is -0.156. The van der Waals surface area contributed by atoms with E-state index in [4.69, 9.17) is 33.7 Å². The number of morpholine rings is 1. The van der Waals surface area contributed by atoms with Crippen LogP contribution in [0.4, 0.5) is 5.69 Å². The first-order valence-electron chi connectivity index (χ1n) is 29.8. The summed E-state index contributed by atoms with van der Waals surface area (Å²) in [7, 11) is 1.74. The fraction of sp³-hybridized carbons (Fsp3) is 0.613. The lowest BCUT2D eigenvalue weighted by atomic mass is 9.84. The van der Waals surface area contributed by atoms with Gasteiger partial charge in [-0.2, -0.15) is 0 Å². The highest BCUT2D eigenvalue weighted by atomic mass is 32.1. The highest BCUT2D eigenvalue weighted by Gasteiger charge is 2.55. The van der Waals surface area contributed by atoms with Gasteiger partial charge < -0.3 is 38.5 Å². The number of carbonyl (C=O) groups is 3. The molecule has 7 aliphatic rings. The van der Waals surface area contributed by atoms with Crippen LogP contribution in [0.2, 0.25) is 0 Å². The second-order valence-electron chi connectivity index (χ2n) is 25.1. The Morgan fingerprint density at radius 3 is 2.52 bits per heavy atom. The van der Waals surface area contributed by atoms with Gasteiger partial charge in [0.05, 0.1) is 79.2 Å². The summed E-state index contributed by atoms with van der Waals surface area (Å²) in [6.45, 7) is 20.8. The quantitative estimate of drug-likeness (QED) is 0.110. The third-order valence-electron chi connectivity index (χ3n) is 18.2. The number of fused-ring (bicyclic) bond motifs is 6. The van der Waals surface area contributed by atoms with Crippen molar-refractivity contribution in [1.29, 1.82) is 0 Å². The molecule has 2 amide bonds. The van der Waals surface area contributed by atoms with Gasteiger partial charge in [0.1, 0.15) is 17.1 Å². The maximum atomic E-state index is 15.4. The summed E-state index contributed by atoms with van der Waals surface area (Å²) in [5.41, 5.74) is 11.2. The molecule has 81 heavy (non-hydrogen) atoms. The highest BCUT2D eigenvalue weighted by Crippen LogP contribution is 2.53. The van der Waals surface area contributed by atoms with Crippen molar-refractivity contribution in [2.75, 3.05) is 90.9 Å². The van der Waals surface area contributed by atoms with Gasteiger partial charge in [0.15, 0.2) is 0 Å². The number of methoxy groups -OCH3 is 1. The van der Waals surface area contributed by atoms with Crippen LogP contribution in [0.5, 0.6) is 0 Å². The average Bonchev–Trinajstić information content (AvgIpc) is 4.45. The zero-order valence-corrected chi connectivity index (χ0v) is 49.2. The summed E-state index contributed by atoms with van der Waals surface area (Å²) >= 11 is 1.50. The topological polar surface area (TPSA) is 178 Å². The van der Waals surface area contributed by atoms with Crippen molar-refractivity contribution in [1.82, 2.24) is 45.1 Å². The molecule has 6 bridgehead atoms. The Kier molecular flexibility index (Phi) is 16.2. The number of hydrazine groups is 1. The monoisotopic (exact) mass is 1130 g/mol. The highest BCUT2D eigenvalue weighted by molar-refractivity contribution is 7.10. The number of hydrogen-bond donors (Lipinski definition) is 2. The second-order valence-corrected chi connectivity index (χ2v) is 26.0. The second kappa shape index (κ2) is 23.3. The standard InChI is InChI=1S/C62H82N10O8S/c1-38-51(47-11-8-9-18-63-47)52(38)57(73)66-54-56(70-24-28-77-29-25-70)58-65-49(36-81-58)40-13-16-50-44(31-40)46(34-61(3,4)37-79-60(75)48-12-10-19-72(67-48)59(54)74)55(71(50)26-30-78-43-17-27-80-62(5,6)33-43)45-32-42(35-64-53(45)39(2)76-7)69-22-20-68(21-23-69)41-14-15-41/h8-9,11,13,16,18,31-32,35-36,38-39,41,43,48,51-52,54,56,67H,10,12,14-15,17,19-30,33-34,37H2,1-7H3,(H,66,73)/t38-,39-,43?,48-,51-,52+,54-,56-/m0/s1. The summed E-state index contributed by atoms with van der Waals surface area (Å²) in [6.07, 6.45) is 9.36. The third-order valence-corrected chi connectivity index (χ3v) is 19.1. The number of pyridine rings is 2. The first kappa shape index (κ1) is 56.1. The number of aromatic nitrogens is 4. The Hall–Kier alpha value is -5.38. The fourth-order valence-electron chi connectivity index (χ4n) is 13.5. The number of piperazine rings is 1. The molecule has 2 N–H and O–H groups in total. The number of nitrogens with one attached hydrogen (secondary N) is 2. The summed E-state index contributed by atoms with van der Waals surface area (Å²) in [5.74, 6) is -1.37. The Bertz CT molecular complexity index is 3080. The van der Waals surface area contributed by atoms with Gasteiger partial charge in [-0.25, -0.2) is 10.4 Å². The maximum absolute atomic E-state index is 15.4. The van der Waals surface area contributed by atoms with Gasteiger partial charge in [0.25, 0.3) is 5.91 Å². The average molecular weight is 1130 g/mol. The van der Waals surface area contributed by atoms with Crippen LogP contribution in [0, 0.1) is 17.3 Å². The molecule has 4 aromatic heterocycles. The van der Waals surface area contributed by atoms with Crippen molar-refractivity contribution >= 4 is 45.7 Å². The number of nitrogens with zero attached hydrogens (tertiary/aromatic N) is 8.